The van der Waals surface area contributed by atoms with E-state index in [1.165, 1.54) is 10.6 Å². The summed E-state index contributed by atoms with van der Waals surface area (Å²) in [6.45, 7) is 4.66. The van der Waals surface area contributed by atoms with E-state index in [2.05, 4.69) is 45.5 Å². The smallest absolute Gasteiger partial charge is 0.241 e. The Morgan fingerprint density at radius 3 is 2.33 bits per heavy atom. The van der Waals surface area contributed by atoms with Crippen LogP contribution in [-0.2, 0) is 11.3 Å². The molecule has 1 amide bonds. The SMILES string of the molecule is COc1ccc(N(Cc2cccs2)C(=O)CN2CCN(c3ccccc3)CC2)cc1. The number of piperazine rings is 1. The van der Waals surface area contributed by atoms with Crippen molar-refractivity contribution < 1.29 is 9.53 Å². The van der Waals surface area contributed by atoms with Gasteiger partial charge in [0, 0.05) is 42.4 Å². The van der Waals surface area contributed by atoms with E-state index in [1.807, 2.05) is 41.3 Å². The molecule has 3 aromatic rings. The normalized spacial score (nSPS) is 14.5. The molecular formula is C24H27N3O2S. The fourth-order valence-corrected chi connectivity index (χ4v) is 4.42. The molecule has 2 heterocycles. The lowest BCUT2D eigenvalue weighted by molar-refractivity contribution is -0.120. The fraction of sp³-hybridized carbons (Fsp3) is 0.292. The predicted molar refractivity (Wildman–Crippen MR) is 124 cm³/mol. The van der Waals surface area contributed by atoms with Gasteiger partial charge in [-0.1, -0.05) is 24.3 Å². The summed E-state index contributed by atoms with van der Waals surface area (Å²) in [5.74, 6) is 0.918. The Bertz CT molecular complexity index is 921. The highest BCUT2D eigenvalue weighted by Crippen LogP contribution is 2.23. The summed E-state index contributed by atoms with van der Waals surface area (Å²) < 4.78 is 5.27. The zero-order valence-electron chi connectivity index (χ0n) is 17.2. The minimum Gasteiger partial charge on any atom is -0.497 e. The molecule has 0 unspecified atom stereocenters. The molecule has 0 atom stereocenters. The van der Waals surface area contributed by atoms with Gasteiger partial charge in [-0.15, -0.1) is 11.3 Å². The van der Waals surface area contributed by atoms with Gasteiger partial charge in [0.1, 0.15) is 5.75 Å². The second-order valence-corrected chi connectivity index (χ2v) is 8.39. The number of amides is 1. The summed E-state index contributed by atoms with van der Waals surface area (Å²) in [7, 11) is 1.65. The molecule has 1 aliphatic heterocycles. The molecule has 30 heavy (non-hydrogen) atoms. The fourth-order valence-electron chi connectivity index (χ4n) is 3.72. The van der Waals surface area contributed by atoms with Crippen LogP contribution in [0.25, 0.3) is 0 Å². The van der Waals surface area contributed by atoms with Crippen molar-refractivity contribution in [2.24, 2.45) is 0 Å². The Morgan fingerprint density at radius 1 is 0.967 bits per heavy atom. The predicted octanol–water partition coefficient (Wildman–Crippen LogP) is 4.11. The number of carbonyl (C=O) groups excluding carboxylic acids is 1. The van der Waals surface area contributed by atoms with Crippen LogP contribution in [0.3, 0.4) is 0 Å². The zero-order valence-corrected chi connectivity index (χ0v) is 18.1. The van der Waals surface area contributed by atoms with Crippen molar-refractivity contribution in [2.45, 2.75) is 6.54 Å². The third kappa shape index (κ3) is 5.01. The number of carbonyl (C=O) groups is 1. The summed E-state index contributed by atoms with van der Waals surface area (Å²) in [6.07, 6.45) is 0. The van der Waals surface area contributed by atoms with Crippen LogP contribution in [0, 0.1) is 0 Å². The highest BCUT2D eigenvalue weighted by atomic mass is 32.1. The van der Waals surface area contributed by atoms with Gasteiger partial charge >= 0.3 is 0 Å². The molecule has 5 nitrogen and oxygen atoms in total. The molecule has 0 aliphatic carbocycles. The van der Waals surface area contributed by atoms with E-state index in [0.29, 0.717) is 13.1 Å². The number of benzene rings is 2. The Hall–Kier alpha value is -2.83. The van der Waals surface area contributed by atoms with E-state index in [9.17, 15) is 4.79 Å². The van der Waals surface area contributed by atoms with E-state index >= 15 is 0 Å². The number of methoxy groups -OCH3 is 1. The first-order valence-electron chi connectivity index (χ1n) is 10.2. The third-order valence-corrected chi connectivity index (χ3v) is 6.29. The van der Waals surface area contributed by atoms with Crippen molar-refractivity contribution >= 4 is 28.6 Å². The molecule has 6 heteroatoms. The van der Waals surface area contributed by atoms with Crippen LogP contribution in [0.4, 0.5) is 11.4 Å². The Labute approximate surface area is 182 Å². The quantitative estimate of drug-likeness (QED) is 0.575. The summed E-state index contributed by atoms with van der Waals surface area (Å²) in [6, 6.07) is 22.3. The standard InChI is InChI=1S/C24H27N3O2S/c1-29-22-11-9-21(10-12-22)27(18-23-8-5-17-30-23)24(28)19-25-13-15-26(16-14-25)20-6-3-2-4-7-20/h2-12,17H,13-16,18-19H2,1H3. The van der Waals surface area contributed by atoms with Gasteiger partial charge in [-0.2, -0.15) is 0 Å². The summed E-state index contributed by atoms with van der Waals surface area (Å²) in [4.78, 5) is 21.0. The first kappa shape index (κ1) is 20.4. The maximum Gasteiger partial charge on any atom is 0.241 e. The van der Waals surface area contributed by atoms with Crippen LogP contribution in [0.1, 0.15) is 4.88 Å². The number of nitrogens with zero attached hydrogens (tertiary/aromatic N) is 3. The van der Waals surface area contributed by atoms with Gasteiger partial charge in [0.25, 0.3) is 0 Å². The molecule has 0 bridgehead atoms. The minimum absolute atomic E-state index is 0.127. The van der Waals surface area contributed by atoms with E-state index in [0.717, 1.165) is 37.6 Å². The Kier molecular flexibility index (Phi) is 6.67. The number of rotatable bonds is 7. The van der Waals surface area contributed by atoms with Crippen LogP contribution in [0.5, 0.6) is 5.75 Å². The van der Waals surface area contributed by atoms with Crippen LogP contribution in [0.15, 0.2) is 72.1 Å². The number of ether oxygens (including phenoxy) is 1. The first-order chi connectivity index (χ1) is 14.7. The summed E-state index contributed by atoms with van der Waals surface area (Å²) >= 11 is 1.68. The van der Waals surface area contributed by atoms with Gasteiger partial charge in [0.15, 0.2) is 0 Å². The lowest BCUT2D eigenvalue weighted by Gasteiger charge is -2.36. The summed E-state index contributed by atoms with van der Waals surface area (Å²) in [5.41, 5.74) is 2.15. The van der Waals surface area contributed by atoms with Crippen molar-refractivity contribution in [3.05, 3.63) is 77.0 Å². The van der Waals surface area contributed by atoms with Crippen molar-refractivity contribution in [3.8, 4) is 5.75 Å². The number of hydrogen-bond acceptors (Lipinski definition) is 5. The van der Waals surface area contributed by atoms with Gasteiger partial charge in [-0.3, -0.25) is 9.69 Å². The van der Waals surface area contributed by atoms with E-state index in [4.69, 9.17) is 4.74 Å². The van der Waals surface area contributed by atoms with Gasteiger partial charge in [-0.05, 0) is 47.8 Å². The lowest BCUT2D eigenvalue weighted by atomic mass is 10.2. The monoisotopic (exact) mass is 421 g/mol. The molecule has 1 saturated heterocycles. The lowest BCUT2D eigenvalue weighted by Crippen LogP contribution is -2.50. The first-order valence-corrected chi connectivity index (χ1v) is 11.1. The molecule has 1 aromatic heterocycles. The Morgan fingerprint density at radius 2 is 1.70 bits per heavy atom. The van der Waals surface area contributed by atoms with Crippen molar-refractivity contribution in [1.29, 1.82) is 0 Å². The average molecular weight is 422 g/mol. The number of para-hydroxylation sites is 1. The topological polar surface area (TPSA) is 36.0 Å². The second kappa shape index (κ2) is 9.78. The van der Waals surface area contributed by atoms with Crippen LogP contribution in [-0.4, -0.2) is 50.6 Å². The summed E-state index contributed by atoms with van der Waals surface area (Å²) in [5, 5.41) is 2.05. The van der Waals surface area contributed by atoms with Crippen molar-refractivity contribution in [2.75, 3.05) is 49.6 Å². The molecule has 1 aliphatic rings. The number of thiophene rings is 1. The second-order valence-electron chi connectivity index (χ2n) is 7.36. The molecule has 0 spiro atoms. The highest BCUT2D eigenvalue weighted by molar-refractivity contribution is 7.09. The molecule has 0 saturated carbocycles. The minimum atomic E-state index is 0.127. The number of hydrogen-bond donors (Lipinski definition) is 0. The molecule has 0 radical (unpaired) electrons. The number of anilines is 2. The van der Waals surface area contributed by atoms with Crippen molar-refractivity contribution in [1.82, 2.24) is 4.90 Å². The average Bonchev–Trinajstić information content (AvgIpc) is 3.32. The van der Waals surface area contributed by atoms with E-state index in [-0.39, 0.29) is 5.91 Å². The maximum absolute atomic E-state index is 13.3. The van der Waals surface area contributed by atoms with Gasteiger partial charge in [0.05, 0.1) is 20.2 Å². The van der Waals surface area contributed by atoms with Gasteiger partial charge in [0.2, 0.25) is 5.91 Å². The Balaban J connectivity index is 1.41. The van der Waals surface area contributed by atoms with Crippen LogP contribution >= 0.6 is 11.3 Å². The largest absolute Gasteiger partial charge is 0.497 e. The zero-order chi connectivity index (χ0) is 20.8. The van der Waals surface area contributed by atoms with E-state index in [1.54, 1.807) is 18.4 Å². The molecular weight excluding hydrogens is 394 g/mol. The highest BCUT2D eigenvalue weighted by Gasteiger charge is 2.23. The van der Waals surface area contributed by atoms with Crippen molar-refractivity contribution in [3.63, 3.8) is 0 Å². The van der Waals surface area contributed by atoms with Gasteiger partial charge in [-0.25, -0.2) is 0 Å². The molecule has 156 valence electrons. The van der Waals surface area contributed by atoms with Crippen LogP contribution < -0.4 is 14.5 Å². The van der Waals surface area contributed by atoms with Gasteiger partial charge < -0.3 is 14.5 Å². The molecule has 0 N–H and O–H groups in total. The third-order valence-electron chi connectivity index (χ3n) is 5.43. The molecule has 4 rings (SSSR count). The molecule has 2 aromatic carbocycles. The molecule has 1 fully saturated rings. The maximum atomic E-state index is 13.3. The van der Waals surface area contributed by atoms with E-state index < -0.39 is 0 Å². The van der Waals surface area contributed by atoms with Crippen LogP contribution in [0.2, 0.25) is 0 Å².